The molecule has 0 atom stereocenters. The molecule has 0 bridgehead atoms. The maximum Gasteiger partial charge on any atom is 0.426 e. The standard InChI is InChI=1S/C15H10ClNO4/c1-20-11-5-6-13-12(8-11)14(18)17(15(19)21-13)10-4-2-3-9(16)7-10/h2-8H,1H3. The van der Waals surface area contributed by atoms with Crippen LogP contribution in [0.3, 0.4) is 0 Å². The average Bonchev–Trinajstić information content (AvgIpc) is 2.47. The number of hydrogen-bond donors (Lipinski definition) is 0. The van der Waals surface area contributed by atoms with Crippen molar-refractivity contribution in [2.24, 2.45) is 0 Å². The fourth-order valence-corrected chi connectivity index (χ4v) is 2.26. The van der Waals surface area contributed by atoms with E-state index in [0.717, 1.165) is 4.57 Å². The molecule has 3 aromatic rings. The first kappa shape index (κ1) is 13.5. The Morgan fingerprint density at radius 1 is 1.14 bits per heavy atom. The lowest BCUT2D eigenvalue weighted by atomic mass is 10.2. The molecule has 0 unspecified atom stereocenters. The highest BCUT2D eigenvalue weighted by Gasteiger charge is 2.12. The van der Waals surface area contributed by atoms with Crippen LogP contribution in [0, 0.1) is 0 Å². The SMILES string of the molecule is COc1ccc2oc(=O)n(-c3cccc(Cl)c3)c(=O)c2c1. The predicted molar refractivity (Wildman–Crippen MR) is 79.6 cm³/mol. The van der Waals surface area contributed by atoms with Crippen molar-refractivity contribution in [3.63, 3.8) is 0 Å². The maximum atomic E-state index is 12.5. The van der Waals surface area contributed by atoms with Crippen LogP contribution in [0.5, 0.6) is 5.75 Å². The second-order valence-corrected chi connectivity index (χ2v) is 4.79. The Hall–Kier alpha value is -2.53. The van der Waals surface area contributed by atoms with Gasteiger partial charge >= 0.3 is 5.76 Å². The van der Waals surface area contributed by atoms with E-state index in [-0.39, 0.29) is 11.0 Å². The summed E-state index contributed by atoms with van der Waals surface area (Å²) in [5.74, 6) is -0.258. The number of ether oxygens (including phenoxy) is 1. The van der Waals surface area contributed by atoms with Gasteiger partial charge in [0.2, 0.25) is 0 Å². The van der Waals surface area contributed by atoms with Gasteiger partial charge in [-0.15, -0.1) is 0 Å². The van der Waals surface area contributed by atoms with E-state index in [0.29, 0.717) is 16.5 Å². The van der Waals surface area contributed by atoms with Gasteiger partial charge in [-0.05, 0) is 36.4 Å². The highest BCUT2D eigenvalue weighted by atomic mass is 35.5. The second kappa shape index (κ2) is 5.10. The summed E-state index contributed by atoms with van der Waals surface area (Å²) >= 11 is 5.90. The van der Waals surface area contributed by atoms with Gasteiger partial charge in [0.25, 0.3) is 5.56 Å². The van der Waals surface area contributed by atoms with Gasteiger partial charge in [0.05, 0.1) is 18.2 Å². The van der Waals surface area contributed by atoms with E-state index < -0.39 is 11.3 Å². The summed E-state index contributed by atoms with van der Waals surface area (Å²) in [5, 5.41) is 0.679. The Kier molecular flexibility index (Phi) is 3.27. The van der Waals surface area contributed by atoms with Gasteiger partial charge in [0, 0.05) is 5.02 Å². The lowest BCUT2D eigenvalue weighted by Crippen LogP contribution is -2.30. The summed E-state index contributed by atoms with van der Waals surface area (Å²) in [5.41, 5.74) is 0.0810. The highest BCUT2D eigenvalue weighted by molar-refractivity contribution is 6.30. The normalized spacial score (nSPS) is 10.8. The molecule has 1 heterocycles. The molecule has 0 amide bonds. The molecule has 0 saturated heterocycles. The topological polar surface area (TPSA) is 61.4 Å². The summed E-state index contributed by atoms with van der Waals surface area (Å²) in [7, 11) is 1.50. The minimum Gasteiger partial charge on any atom is -0.497 e. The van der Waals surface area contributed by atoms with Crippen LogP contribution in [0.4, 0.5) is 0 Å². The number of benzene rings is 2. The van der Waals surface area contributed by atoms with Crippen LogP contribution in [0.25, 0.3) is 16.7 Å². The molecule has 0 spiro atoms. The van der Waals surface area contributed by atoms with Gasteiger partial charge in [-0.2, -0.15) is 0 Å². The molecular formula is C15H10ClNO4. The Labute approximate surface area is 124 Å². The molecule has 6 heteroatoms. The third-order valence-electron chi connectivity index (χ3n) is 3.07. The van der Waals surface area contributed by atoms with Crippen molar-refractivity contribution in [2.45, 2.75) is 0 Å². The lowest BCUT2D eigenvalue weighted by Gasteiger charge is -2.06. The van der Waals surface area contributed by atoms with Crippen LogP contribution in [0.2, 0.25) is 5.02 Å². The number of methoxy groups -OCH3 is 1. The zero-order valence-electron chi connectivity index (χ0n) is 11.0. The van der Waals surface area contributed by atoms with Crippen molar-refractivity contribution in [3.8, 4) is 11.4 Å². The van der Waals surface area contributed by atoms with Crippen LogP contribution in [-0.4, -0.2) is 11.7 Å². The molecule has 1 aromatic heterocycles. The summed E-state index contributed by atoms with van der Waals surface area (Å²) in [6, 6.07) is 11.1. The Bertz CT molecular complexity index is 942. The van der Waals surface area contributed by atoms with Crippen LogP contribution in [-0.2, 0) is 0 Å². The first-order valence-corrected chi connectivity index (χ1v) is 6.48. The lowest BCUT2D eigenvalue weighted by molar-refractivity contribution is 0.414. The fraction of sp³-hybridized carbons (Fsp3) is 0.0667. The van der Waals surface area contributed by atoms with E-state index in [1.807, 2.05) is 0 Å². The molecule has 106 valence electrons. The fourth-order valence-electron chi connectivity index (χ4n) is 2.07. The number of rotatable bonds is 2. The van der Waals surface area contributed by atoms with Crippen molar-refractivity contribution in [3.05, 3.63) is 68.4 Å². The third kappa shape index (κ3) is 2.32. The van der Waals surface area contributed by atoms with Gasteiger partial charge < -0.3 is 9.15 Å². The zero-order valence-corrected chi connectivity index (χ0v) is 11.8. The van der Waals surface area contributed by atoms with Gasteiger partial charge in [0.15, 0.2) is 0 Å². The molecule has 3 rings (SSSR count). The summed E-state index contributed by atoms with van der Waals surface area (Å²) in [6.07, 6.45) is 0. The van der Waals surface area contributed by atoms with Crippen molar-refractivity contribution in [2.75, 3.05) is 7.11 Å². The number of nitrogens with zero attached hydrogens (tertiary/aromatic N) is 1. The van der Waals surface area contributed by atoms with Gasteiger partial charge in [-0.3, -0.25) is 4.79 Å². The molecule has 5 nitrogen and oxygen atoms in total. The minimum absolute atomic E-state index is 0.212. The van der Waals surface area contributed by atoms with Crippen LogP contribution in [0.15, 0.2) is 56.5 Å². The predicted octanol–water partition coefficient (Wildman–Crippen LogP) is 2.61. The van der Waals surface area contributed by atoms with Crippen molar-refractivity contribution >= 4 is 22.6 Å². The van der Waals surface area contributed by atoms with E-state index in [9.17, 15) is 9.59 Å². The average molecular weight is 304 g/mol. The van der Waals surface area contributed by atoms with Crippen LogP contribution >= 0.6 is 11.6 Å². The molecule has 0 saturated carbocycles. The molecule has 0 aliphatic heterocycles. The summed E-state index contributed by atoms with van der Waals surface area (Å²) in [4.78, 5) is 24.6. The third-order valence-corrected chi connectivity index (χ3v) is 3.30. The molecule has 0 aliphatic rings. The minimum atomic E-state index is -0.764. The first-order chi connectivity index (χ1) is 10.1. The van der Waals surface area contributed by atoms with E-state index >= 15 is 0 Å². The Morgan fingerprint density at radius 3 is 2.67 bits per heavy atom. The number of fused-ring (bicyclic) bond motifs is 1. The number of hydrogen-bond acceptors (Lipinski definition) is 4. The molecule has 21 heavy (non-hydrogen) atoms. The van der Waals surface area contributed by atoms with Gasteiger partial charge in [-0.25, -0.2) is 9.36 Å². The quantitative estimate of drug-likeness (QED) is 0.730. The first-order valence-electron chi connectivity index (χ1n) is 6.10. The molecule has 0 radical (unpaired) electrons. The Balaban J connectivity index is 2.38. The van der Waals surface area contributed by atoms with E-state index in [4.69, 9.17) is 20.8 Å². The molecule has 0 aliphatic carbocycles. The van der Waals surface area contributed by atoms with Crippen molar-refractivity contribution in [1.82, 2.24) is 4.57 Å². The largest absolute Gasteiger partial charge is 0.497 e. The highest BCUT2D eigenvalue weighted by Crippen LogP contribution is 2.18. The summed E-state index contributed by atoms with van der Waals surface area (Å²) < 4.78 is 11.2. The molecule has 0 fully saturated rings. The number of aromatic nitrogens is 1. The molecular weight excluding hydrogens is 294 g/mol. The van der Waals surface area contributed by atoms with Gasteiger partial charge in [0.1, 0.15) is 11.3 Å². The number of halogens is 1. The van der Waals surface area contributed by atoms with Crippen LogP contribution < -0.4 is 16.1 Å². The second-order valence-electron chi connectivity index (χ2n) is 4.35. The van der Waals surface area contributed by atoms with E-state index in [1.165, 1.54) is 25.3 Å². The zero-order chi connectivity index (χ0) is 15.0. The smallest absolute Gasteiger partial charge is 0.426 e. The maximum absolute atomic E-state index is 12.5. The Morgan fingerprint density at radius 2 is 1.95 bits per heavy atom. The van der Waals surface area contributed by atoms with E-state index in [1.54, 1.807) is 24.3 Å². The van der Waals surface area contributed by atoms with Gasteiger partial charge in [-0.1, -0.05) is 17.7 Å². The molecule has 0 N–H and O–H groups in total. The summed E-state index contributed by atoms with van der Waals surface area (Å²) in [6.45, 7) is 0. The van der Waals surface area contributed by atoms with Crippen molar-refractivity contribution in [1.29, 1.82) is 0 Å². The molecule has 2 aromatic carbocycles. The van der Waals surface area contributed by atoms with E-state index in [2.05, 4.69) is 0 Å². The van der Waals surface area contributed by atoms with Crippen LogP contribution in [0.1, 0.15) is 0 Å². The van der Waals surface area contributed by atoms with Crippen molar-refractivity contribution < 1.29 is 9.15 Å². The monoisotopic (exact) mass is 303 g/mol.